The quantitative estimate of drug-likeness (QED) is 0.464. The summed E-state index contributed by atoms with van der Waals surface area (Å²) in [5.41, 5.74) is 4.12. The van der Waals surface area contributed by atoms with Gasteiger partial charge in [0.1, 0.15) is 0 Å². The van der Waals surface area contributed by atoms with E-state index in [1.165, 1.54) is 20.2 Å². The van der Waals surface area contributed by atoms with Gasteiger partial charge in [-0.1, -0.05) is 0 Å². The predicted octanol–water partition coefficient (Wildman–Crippen LogP) is 4.68. The Hall–Kier alpha value is -1.52. The molecule has 4 heteroatoms. The second-order valence-electron chi connectivity index (χ2n) is 4.42. The second-order valence-corrected chi connectivity index (χ2v) is 6.25. The van der Waals surface area contributed by atoms with Crippen LogP contribution >= 0.6 is 22.7 Å². The van der Waals surface area contributed by atoms with E-state index in [0.29, 0.717) is 0 Å². The minimum absolute atomic E-state index is 1.02. The van der Waals surface area contributed by atoms with E-state index in [-0.39, 0.29) is 0 Å². The smallest absolute Gasteiger partial charge is 0.0984 e. The first-order valence-electron chi connectivity index (χ1n) is 5.77. The van der Waals surface area contributed by atoms with E-state index in [2.05, 4.69) is 22.9 Å². The number of benzene rings is 1. The normalized spacial score (nSPS) is 11.9. The monoisotopic (exact) mass is 270 g/mol. The lowest BCUT2D eigenvalue weighted by Gasteiger charge is -2.05. The average Bonchev–Trinajstić information content (AvgIpc) is 2.97. The fourth-order valence-corrected chi connectivity index (χ4v) is 4.31. The third kappa shape index (κ3) is 1.22. The summed E-state index contributed by atoms with van der Waals surface area (Å²) in [4.78, 5) is 9.51. The Bertz CT molecular complexity index is 827. The zero-order chi connectivity index (χ0) is 12.3. The van der Waals surface area contributed by atoms with Gasteiger partial charge in [-0.05, 0) is 36.7 Å². The molecule has 0 radical (unpaired) electrons. The zero-order valence-electron chi connectivity index (χ0n) is 10.0. The van der Waals surface area contributed by atoms with Gasteiger partial charge in [0, 0.05) is 10.8 Å². The number of fused-ring (bicyclic) bond motifs is 6. The molecule has 0 N–H and O–H groups in total. The standard InChI is InChI=1S/C14H10N2S2/c1-7-8(2)16-12-10-4-6-18-14(10)13-9(3-5-17-13)11(12)15-7/h3-6H,1-2H3. The predicted molar refractivity (Wildman–Crippen MR) is 79.8 cm³/mol. The molecule has 0 saturated carbocycles. The third-order valence-corrected chi connectivity index (χ3v) is 5.35. The van der Waals surface area contributed by atoms with Crippen LogP contribution in [0.2, 0.25) is 0 Å². The summed E-state index contributed by atoms with van der Waals surface area (Å²) in [6.45, 7) is 4.05. The number of aromatic nitrogens is 2. The van der Waals surface area contributed by atoms with Crippen LogP contribution in [0.15, 0.2) is 22.9 Å². The highest BCUT2D eigenvalue weighted by atomic mass is 32.1. The molecule has 3 aromatic heterocycles. The average molecular weight is 270 g/mol. The van der Waals surface area contributed by atoms with E-state index in [0.717, 1.165) is 22.4 Å². The number of aryl methyl sites for hydroxylation is 2. The van der Waals surface area contributed by atoms with Gasteiger partial charge in [-0.15, -0.1) is 22.7 Å². The van der Waals surface area contributed by atoms with Crippen LogP contribution in [0.3, 0.4) is 0 Å². The molecule has 0 atom stereocenters. The lowest BCUT2D eigenvalue weighted by Crippen LogP contribution is -1.93. The number of nitrogens with zero attached hydrogens (tertiary/aromatic N) is 2. The molecule has 88 valence electrons. The molecule has 0 unspecified atom stereocenters. The van der Waals surface area contributed by atoms with Crippen LogP contribution in [0.4, 0.5) is 0 Å². The molecule has 4 rings (SSSR count). The molecule has 1 aromatic carbocycles. The van der Waals surface area contributed by atoms with Crippen molar-refractivity contribution in [3.63, 3.8) is 0 Å². The summed E-state index contributed by atoms with van der Waals surface area (Å²) >= 11 is 3.58. The van der Waals surface area contributed by atoms with Crippen LogP contribution in [-0.4, -0.2) is 9.97 Å². The summed E-state index contributed by atoms with van der Waals surface area (Å²) in [5, 5.41) is 6.75. The van der Waals surface area contributed by atoms with Gasteiger partial charge in [0.25, 0.3) is 0 Å². The van der Waals surface area contributed by atoms with E-state index >= 15 is 0 Å². The number of hydrogen-bond donors (Lipinski definition) is 0. The maximum Gasteiger partial charge on any atom is 0.0984 e. The Balaban J connectivity index is 2.43. The van der Waals surface area contributed by atoms with Crippen LogP contribution < -0.4 is 0 Å². The lowest BCUT2D eigenvalue weighted by atomic mass is 10.1. The lowest BCUT2D eigenvalue weighted by molar-refractivity contribution is 1.11. The van der Waals surface area contributed by atoms with E-state index in [9.17, 15) is 0 Å². The van der Waals surface area contributed by atoms with Gasteiger partial charge in [-0.3, -0.25) is 0 Å². The van der Waals surface area contributed by atoms with Gasteiger partial charge >= 0.3 is 0 Å². The van der Waals surface area contributed by atoms with Crippen molar-refractivity contribution in [3.05, 3.63) is 34.3 Å². The summed E-state index contributed by atoms with van der Waals surface area (Å²) < 4.78 is 2.68. The molecule has 18 heavy (non-hydrogen) atoms. The van der Waals surface area contributed by atoms with Crippen molar-refractivity contribution >= 4 is 53.9 Å². The van der Waals surface area contributed by atoms with Crippen molar-refractivity contribution in [2.45, 2.75) is 13.8 Å². The minimum Gasteiger partial charge on any atom is -0.249 e. The van der Waals surface area contributed by atoms with Crippen LogP contribution in [0.1, 0.15) is 11.4 Å². The van der Waals surface area contributed by atoms with Gasteiger partial charge < -0.3 is 0 Å². The molecule has 0 fully saturated rings. The highest BCUT2D eigenvalue weighted by Gasteiger charge is 2.13. The molecule has 2 nitrogen and oxygen atoms in total. The van der Waals surface area contributed by atoms with Crippen molar-refractivity contribution in [1.82, 2.24) is 9.97 Å². The highest BCUT2D eigenvalue weighted by molar-refractivity contribution is 7.25. The molecule has 0 aliphatic carbocycles. The maximum atomic E-state index is 4.75. The first kappa shape index (κ1) is 10.4. The molecule has 3 heterocycles. The van der Waals surface area contributed by atoms with Crippen LogP contribution in [-0.2, 0) is 0 Å². The van der Waals surface area contributed by atoms with Gasteiger partial charge in [0.15, 0.2) is 0 Å². The molecule has 0 aliphatic heterocycles. The summed E-state index contributed by atoms with van der Waals surface area (Å²) in [5.74, 6) is 0. The Morgan fingerprint density at radius 3 is 1.67 bits per heavy atom. The summed E-state index contributed by atoms with van der Waals surface area (Å²) in [7, 11) is 0. The zero-order valence-corrected chi connectivity index (χ0v) is 11.7. The van der Waals surface area contributed by atoms with Gasteiger partial charge in [0.05, 0.1) is 31.8 Å². The maximum absolute atomic E-state index is 4.75. The third-order valence-electron chi connectivity index (χ3n) is 3.35. The van der Waals surface area contributed by atoms with Crippen LogP contribution in [0.5, 0.6) is 0 Å². The van der Waals surface area contributed by atoms with Crippen LogP contribution in [0.25, 0.3) is 31.2 Å². The number of hydrogen-bond acceptors (Lipinski definition) is 4. The van der Waals surface area contributed by atoms with Crippen molar-refractivity contribution in [2.24, 2.45) is 0 Å². The Morgan fingerprint density at radius 1 is 0.778 bits per heavy atom. The largest absolute Gasteiger partial charge is 0.249 e. The van der Waals surface area contributed by atoms with Gasteiger partial charge in [-0.2, -0.15) is 0 Å². The molecule has 0 saturated heterocycles. The fraction of sp³-hybridized carbons (Fsp3) is 0.143. The Kier molecular flexibility index (Phi) is 2.02. The summed E-state index contributed by atoms with van der Waals surface area (Å²) in [6, 6.07) is 4.32. The van der Waals surface area contributed by atoms with E-state index in [1.807, 2.05) is 13.8 Å². The molecule has 0 aliphatic rings. The summed E-state index contributed by atoms with van der Waals surface area (Å²) in [6.07, 6.45) is 0. The minimum atomic E-state index is 1.02. The van der Waals surface area contributed by atoms with Gasteiger partial charge in [-0.25, -0.2) is 9.97 Å². The molecular weight excluding hydrogens is 260 g/mol. The van der Waals surface area contributed by atoms with Gasteiger partial charge in [0.2, 0.25) is 0 Å². The molecule has 0 spiro atoms. The van der Waals surface area contributed by atoms with Crippen molar-refractivity contribution in [1.29, 1.82) is 0 Å². The van der Waals surface area contributed by atoms with E-state index < -0.39 is 0 Å². The molecule has 0 bridgehead atoms. The number of rotatable bonds is 0. The Morgan fingerprint density at radius 2 is 1.22 bits per heavy atom. The fourth-order valence-electron chi connectivity index (χ4n) is 2.32. The SMILES string of the molecule is Cc1nc2c3ccsc3c3sccc3c2nc1C. The number of thiophene rings is 2. The van der Waals surface area contributed by atoms with Crippen molar-refractivity contribution in [2.75, 3.05) is 0 Å². The van der Waals surface area contributed by atoms with Crippen molar-refractivity contribution in [3.8, 4) is 0 Å². The first-order valence-corrected chi connectivity index (χ1v) is 7.53. The van der Waals surface area contributed by atoms with Crippen LogP contribution in [0, 0.1) is 13.8 Å². The Labute approximate surface area is 112 Å². The highest BCUT2D eigenvalue weighted by Crippen LogP contribution is 2.39. The molecule has 4 aromatic rings. The van der Waals surface area contributed by atoms with E-state index in [4.69, 9.17) is 9.97 Å². The first-order chi connectivity index (χ1) is 8.75. The van der Waals surface area contributed by atoms with E-state index in [1.54, 1.807) is 22.7 Å². The molecular formula is C14H10N2S2. The topological polar surface area (TPSA) is 25.8 Å². The van der Waals surface area contributed by atoms with Crippen molar-refractivity contribution < 1.29 is 0 Å². The second kappa shape index (κ2) is 3.49. The molecule has 0 amide bonds.